The Morgan fingerprint density at radius 3 is 2.77 bits per heavy atom. The van der Waals surface area contributed by atoms with E-state index >= 15 is 0 Å². The average Bonchev–Trinajstić information content (AvgIpc) is 2.11. The van der Waals surface area contributed by atoms with E-state index in [1.165, 1.54) is 0 Å². The summed E-state index contributed by atoms with van der Waals surface area (Å²) in [4.78, 5) is 0. The SMILES string of the molecule is CC#C/C=C(/C)CC(O)CCCC. The highest BCUT2D eigenvalue weighted by molar-refractivity contribution is 5.19. The lowest BCUT2D eigenvalue weighted by atomic mass is 10.0. The molecule has 0 saturated carbocycles. The monoisotopic (exact) mass is 180 g/mol. The first-order chi connectivity index (χ1) is 6.20. The predicted octanol–water partition coefficient (Wildman–Crippen LogP) is 2.90. The molecule has 0 heterocycles. The second kappa shape index (κ2) is 7.89. The van der Waals surface area contributed by atoms with Crippen LogP contribution >= 0.6 is 0 Å². The molecule has 13 heavy (non-hydrogen) atoms. The summed E-state index contributed by atoms with van der Waals surface area (Å²) in [5.41, 5.74) is 1.16. The average molecular weight is 180 g/mol. The van der Waals surface area contributed by atoms with Gasteiger partial charge in [-0.2, -0.15) is 0 Å². The third-order valence-electron chi connectivity index (χ3n) is 1.91. The smallest absolute Gasteiger partial charge is 0.0577 e. The summed E-state index contributed by atoms with van der Waals surface area (Å²) in [6.45, 7) is 5.97. The van der Waals surface area contributed by atoms with Crippen LogP contribution in [0.2, 0.25) is 0 Å². The van der Waals surface area contributed by atoms with E-state index in [-0.39, 0.29) is 6.10 Å². The highest BCUT2D eigenvalue weighted by Crippen LogP contribution is 2.10. The molecule has 0 aliphatic heterocycles. The fourth-order valence-electron chi connectivity index (χ4n) is 1.17. The molecular weight excluding hydrogens is 160 g/mol. The van der Waals surface area contributed by atoms with Crippen molar-refractivity contribution in [2.75, 3.05) is 0 Å². The molecule has 0 aromatic heterocycles. The van der Waals surface area contributed by atoms with Crippen molar-refractivity contribution in [2.45, 2.75) is 52.6 Å². The van der Waals surface area contributed by atoms with Crippen LogP contribution in [0.4, 0.5) is 0 Å². The van der Waals surface area contributed by atoms with Crippen LogP contribution in [-0.2, 0) is 0 Å². The van der Waals surface area contributed by atoms with Crippen LogP contribution in [0.1, 0.15) is 46.5 Å². The minimum Gasteiger partial charge on any atom is -0.393 e. The molecular formula is C12H20O. The largest absolute Gasteiger partial charge is 0.393 e. The summed E-state index contributed by atoms with van der Waals surface area (Å²) >= 11 is 0. The normalized spacial score (nSPS) is 13.4. The van der Waals surface area contributed by atoms with Gasteiger partial charge >= 0.3 is 0 Å². The topological polar surface area (TPSA) is 20.2 Å². The maximum absolute atomic E-state index is 9.56. The first kappa shape index (κ1) is 12.3. The van der Waals surface area contributed by atoms with Gasteiger partial charge in [0.15, 0.2) is 0 Å². The lowest BCUT2D eigenvalue weighted by molar-refractivity contribution is 0.161. The Morgan fingerprint density at radius 2 is 2.23 bits per heavy atom. The molecule has 1 N–H and O–H groups in total. The predicted molar refractivity (Wildman–Crippen MR) is 57.4 cm³/mol. The number of hydrogen-bond acceptors (Lipinski definition) is 1. The molecule has 0 aromatic rings. The van der Waals surface area contributed by atoms with Crippen molar-refractivity contribution in [3.63, 3.8) is 0 Å². The van der Waals surface area contributed by atoms with Gasteiger partial charge in [-0.1, -0.05) is 31.3 Å². The second-order valence-electron chi connectivity index (χ2n) is 3.39. The Morgan fingerprint density at radius 1 is 1.54 bits per heavy atom. The zero-order valence-electron chi connectivity index (χ0n) is 8.93. The van der Waals surface area contributed by atoms with E-state index in [2.05, 4.69) is 18.8 Å². The summed E-state index contributed by atoms with van der Waals surface area (Å²) in [6.07, 6.45) is 5.61. The van der Waals surface area contributed by atoms with Crippen molar-refractivity contribution >= 4 is 0 Å². The zero-order chi connectivity index (χ0) is 10.1. The second-order valence-corrected chi connectivity index (χ2v) is 3.39. The van der Waals surface area contributed by atoms with Crippen LogP contribution in [-0.4, -0.2) is 11.2 Å². The van der Waals surface area contributed by atoms with Gasteiger partial charge in [-0.3, -0.25) is 0 Å². The van der Waals surface area contributed by atoms with Crippen LogP contribution in [0.25, 0.3) is 0 Å². The molecule has 1 heteroatoms. The molecule has 0 fully saturated rings. The Balaban J connectivity index is 3.74. The van der Waals surface area contributed by atoms with Crippen molar-refractivity contribution in [1.82, 2.24) is 0 Å². The van der Waals surface area contributed by atoms with Gasteiger partial charge in [-0.25, -0.2) is 0 Å². The van der Waals surface area contributed by atoms with Crippen LogP contribution < -0.4 is 0 Å². The summed E-state index contributed by atoms with van der Waals surface area (Å²) < 4.78 is 0. The first-order valence-corrected chi connectivity index (χ1v) is 4.96. The van der Waals surface area contributed by atoms with E-state index in [0.717, 1.165) is 31.3 Å². The molecule has 0 aromatic carbocycles. The van der Waals surface area contributed by atoms with Gasteiger partial charge in [-0.05, 0) is 32.8 Å². The standard InChI is InChI=1S/C12H20O/c1-4-6-8-11(3)10-12(13)9-7-5-2/h8,12-13H,5,7,9-10H2,1-3H3/b11-8-. The Labute approximate surface area is 81.9 Å². The summed E-state index contributed by atoms with van der Waals surface area (Å²) in [5.74, 6) is 5.69. The lowest BCUT2D eigenvalue weighted by Crippen LogP contribution is -2.06. The van der Waals surface area contributed by atoms with Gasteiger partial charge < -0.3 is 5.11 Å². The number of aliphatic hydroxyl groups is 1. The molecule has 1 nitrogen and oxygen atoms in total. The van der Waals surface area contributed by atoms with Crippen molar-refractivity contribution in [2.24, 2.45) is 0 Å². The fraction of sp³-hybridized carbons (Fsp3) is 0.667. The van der Waals surface area contributed by atoms with Gasteiger partial charge in [0.2, 0.25) is 0 Å². The molecule has 0 aliphatic carbocycles. The summed E-state index contributed by atoms with van der Waals surface area (Å²) in [6, 6.07) is 0. The fourth-order valence-corrected chi connectivity index (χ4v) is 1.17. The molecule has 0 radical (unpaired) electrons. The van der Waals surface area contributed by atoms with E-state index in [0.29, 0.717) is 0 Å². The molecule has 0 rings (SSSR count). The maximum atomic E-state index is 9.56. The Hall–Kier alpha value is -0.740. The van der Waals surface area contributed by atoms with Crippen molar-refractivity contribution in [3.8, 4) is 11.8 Å². The molecule has 0 bridgehead atoms. The molecule has 0 saturated heterocycles. The number of hydrogen-bond donors (Lipinski definition) is 1. The van der Waals surface area contributed by atoms with Gasteiger partial charge in [0.05, 0.1) is 6.10 Å². The minimum atomic E-state index is -0.185. The molecule has 0 spiro atoms. The van der Waals surface area contributed by atoms with Gasteiger partial charge in [0.1, 0.15) is 0 Å². The van der Waals surface area contributed by atoms with Gasteiger partial charge in [0.25, 0.3) is 0 Å². The number of unbranched alkanes of at least 4 members (excludes halogenated alkanes) is 1. The van der Waals surface area contributed by atoms with Crippen molar-refractivity contribution in [1.29, 1.82) is 0 Å². The number of rotatable bonds is 5. The third kappa shape index (κ3) is 7.62. The quantitative estimate of drug-likeness (QED) is 0.645. The van der Waals surface area contributed by atoms with E-state index in [1.807, 2.05) is 19.9 Å². The van der Waals surface area contributed by atoms with E-state index in [1.54, 1.807) is 0 Å². The maximum Gasteiger partial charge on any atom is 0.0577 e. The number of allylic oxidation sites excluding steroid dienone is 1. The number of aliphatic hydroxyl groups excluding tert-OH is 1. The highest BCUT2D eigenvalue weighted by atomic mass is 16.3. The lowest BCUT2D eigenvalue weighted by Gasteiger charge is -2.08. The molecule has 74 valence electrons. The molecule has 1 atom stereocenters. The van der Waals surface area contributed by atoms with Gasteiger partial charge in [0, 0.05) is 0 Å². The minimum absolute atomic E-state index is 0.185. The molecule has 0 aliphatic rings. The van der Waals surface area contributed by atoms with Crippen molar-refractivity contribution in [3.05, 3.63) is 11.6 Å². The van der Waals surface area contributed by atoms with E-state index < -0.39 is 0 Å². The van der Waals surface area contributed by atoms with E-state index in [9.17, 15) is 5.11 Å². The summed E-state index contributed by atoms with van der Waals surface area (Å²) in [7, 11) is 0. The van der Waals surface area contributed by atoms with Crippen LogP contribution in [0, 0.1) is 11.8 Å². The van der Waals surface area contributed by atoms with Crippen LogP contribution in [0.5, 0.6) is 0 Å². The van der Waals surface area contributed by atoms with Gasteiger partial charge in [-0.15, -0.1) is 5.92 Å². The van der Waals surface area contributed by atoms with Crippen LogP contribution in [0.15, 0.2) is 11.6 Å². The molecule has 1 unspecified atom stereocenters. The Bertz CT molecular complexity index is 205. The van der Waals surface area contributed by atoms with Crippen LogP contribution in [0.3, 0.4) is 0 Å². The third-order valence-corrected chi connectivity index (χ3v) is 1.91. The zero-order valence-corrected chi connectivity index (χ0v) is 8.93. The first-order valence-electron chi connectivity index (χ1n) is 4.96. The summed E-state index contributed by atoms with van der Waals surface area (Å²) in [5, 5.41) is 9.56. The highest BCUT2D eigenvalue weighted by Gasteiger charge is 2.03. The molecule has 0 amide bonds. The van der Waals surface area contributed by atoms with E-state index in [4.69, 9.17) is 0 Å². The van der Waals surface area contributed by atoms with Crippen molar-refractivity contribution < 1.29 is 5.11 Å². The Kier molecular flexibility index (Phi) is 7.44.